The van der Waals surface area contributed by atoms with E-state index in [1.165, 1.54) is 12.1 Å². The number of rotatable bonds is 6. The fourth-order valence-corrected chi connectivity index (χ4v) is 1.65. The molecule has 0 aliphatic heterocycles. The number of carboxylic acid groups (broad SMARTS) is 1. The highest BCUT2D eigenvalue weighted by atomic mass is 35.5. The van der Waals surface area contributed by atoms with E-state index in [4.69, 9.17) is 16.7 Å². The number of carboxylic acids is 1. The first-order chi connectivity index (χ1) is 9.88. The molecule has 1 rings (SSSR count). The Hall–Kier alpha value is -2.15. The highest BCUT2D eigenvalue weighted by Crippen LogP contribution is 2.18. The van der Waals surface area contributed by atoms with Gasteiger partial charge in [-0.15, -0.1) is 0 Å². The van der Waals surface area contributed by atoms with Gasteiger partial charge < -0.3 is 10.4 Å². The van der Waals surface area contributed by atoms with Crippen LogP contribution >= 0.6 is 11.6 Å². The van der Waals surface area contributed by atoms with E-state index in [0.717, 1.165) is 6.07 Å². The molecule has 21 heavy (non-hydrogen) atoms. The minimum Gasteiger partial charge on any atom is -0.481 e. The lowest BCUT2D eigenvalue weighted by atomic mass is 10.2. The number of carbonyl (C=O) groups excluding carboxylic acids is 2. The third-order valence-corrected chi connectivity index (χ3v) is 2.71. The lowest BCUT2D eigenvalue weighted by molar-refractivity contribution is -0.137. The number of benzene rings is 1. The second-order valence-corrected chi connectivity index (χ2v) is 4.66. The average Bonchev–Trinajstić information content (AvgIpc) is 2.38. The Morgan fingerprint density at radius 1 is 1.19 bits per heavy atom. The molecule has 0 spiro atoms. The summed E-state index contributed by atoms with van der Waals surface area (Å²) in [6, 6.07) is 2.84. The smallest absolute Gasteiger partial charge is 0.325 e. The molecule has 3 amide bonds. The third-order valence-electron chi connectivity index (χ3n) is 2.48. The highest BCUT2D eigenvalue weighted by molar-refractivity contribution is 6.30. The maximum atomic E-state index is 13.4. The van der Waals surface area contributed by atoms with Crippen molar-refractivity contribution in [3.63, 3.8) is 0 Å². The Balaban J connectivity index is 2.36. The topological polar surface area (TPSA) is 95.5 Å². The zero-order valence-electron chi connectivity index (χ0n) is 11.0. The van der Waals surface area contributed by atoms with Gasteiger partial charge in [-0.05, 0) is 31.0 Å². The van der Waals surface area contributed by atoms with Crippen molar-refractivity contribution < 1.29 is 23.9 Å². The summed E-state index contributed by atoms with van der Waals surface area (Å²) in [7, 11) is 0. The molecule has 1 aromatic rings. The number of aliphatic carboxylic acids is 1. The van der Waals surface area contributed by atoms with Crippen LogP contribution in [0.5, 0.6) is 0 Å². The van der Waals surface area contributed by atoms with Crippen LogP contribution in [0.4, 0.5) is 14.9 Å². The van der Waals surface area contributed by atoms with E-state index in [9.17, 15) is 18.8 Å². The van der Waals surface area contributed by atoms with Crippen molar-refractivity contribution in [1.29, 1.82) is 0 Å². The first-order valence-corrected chi connectivity index (χ1v) is 6.54. The van der Waals surface area contributed by atoms with Crippen LogP contribution in [0.15, 0.2) is 18.2 Å². The number of halogens is 2. The van der Waals surface area contributed by atoms with Gasteiger partial charge in [-0.3, -0.25) is 14.9 Å². The fourth-order valence-electron chi connectivity index (χ4n) is 1.50. The minimum atomic E-state index is -0.939. The molecule has 0 radical (unpaired) electrons. The van der Waals surface area contributed by atoms with Crippen LogP contribution in [-0.4, -0.2) is 23.0 Å². The summed E-state index contributed by atoms with van der Waals surface area (Å²) in [4.78, 5) is 33.1. The van der Waals surface area contributed by atoms with Gasteiger partial charge in [0.15, 0.2) is 0 Å². The molecular weight excluding hydrogens is 303 g/mol. The number of carbonyl (C=O) groups is 3. The predicted octanol–water partition coefficient (Wildman–Crippen LogP) is 2.77. The van der Waals surface area contributed by atoms with Gasteiger partial charge in [-0.2, -0.15) is 0 Å². The normalized spacial score (nSPS) is 10.0. The molecule has 0 saturated carbocycles. The van der Waals surface area contributed by atoms with Crippen molar-refractivity contribution >= 4 is 35.2 Å². The van der Waals surface area contributed by atoms with E-state index in [0.29, 0.717) is 12.8 Å². The number of nitrogens with one attached hydrogen (secondary N) is 2. The molecule has 114 valence electrons. The summed E-state index contributed by atoms with van der Waals surface area (Å²) in [5, 5.41) is 12.8. The van der Waals surface area contributed by atoms with E-state index in [1.54, 1.807) is 0 Å². The second kappa shape index (κ2) is 8.21. The summed E-state index contributed by atoms with van der Waals surface area (Å²) in [6.45, 7) is 0. The van der Waals surface area contributed by atoms with Gasteiger partial charge in [-0.25, -0.2) is 9.18 Å². The maximum Gasteiger partial charge on any atom is 0.325 e. The summed E-state index contributed by atoms with van der Waals surface area (Å²) in [5.74, 6) is -2.22. The zero-order valence-corrected chi connectivity index (χ0v) is 11.7. The minimum absolute atomic E-state index is 0.0177. The fraction of sp³-hybridized carbons (Fsp3) is 0.308. The van der Waals surface area contributed by atoms with E-state index >= 15 is 0 Å². The Labute approximate surface area is 125 Å². The molecule has 0 aromatic heterocycles. The lowest BCUT2D eigenvalue weighted by Gasteiger charge is -2.07. The molecule has 0 aliphatic carbocycles. The van der Waals surface area contributed by atoms with Crippen LogP contribution in [0.3, 0.4) is 0 Å². The molecule has 1 aromatic carbocycles. The maximum absolute atomic E-state index is 13.4. The number of hydrogen-bond donors (Lipinski definition) is 3. The second-order valence-electron chi connectivity index (χ2n) is 4.23. The van der Waals surface area contributed by atoms with Crippen molar-refractivity contribution in [2.45, 2.75) is 25.7 Å². The zero-order chi connectivity index (χ0) is 15.8. The lowest BCUT2D eigenvalue weighted by Crippen LogP contribution is -2.34. The summed E-state index contributed by atoms with van der Waals surface area (Å²) < 4.78 is 13.4. The van der Waals surface area contributed by atoms with E-state index in [2.05, 4.69) is 5.32 Å². The molecule has 8 heteroatoms. The molecule has 0 unspecified atom stereocenters. The number of hydrogen-bond acceptors (Lipinski definition) is 3. The predicted molar refractivity (Wildman–Crippen MR) is 74.7 cm³/mol. The molecular formula is C13H14ClFN2O4. The first kappa shape index (κ1) is 16.9. The van der Waals surface area contributed by atoms with Crippen molar-refractivity contribution in [3.8, 4) is 0 Å². The SMILES string of the molecule is O=C(O)CCCCC(=O)NC(=O)Nc1ccc(Cl)cc1F. The van der Waals surface area contributed by atoms with Gasteiger partial charge in [0.25, 0.3) is 0 Å². The van der Waals surface area contributed by atoms with Gasteiger partial charge in [0.1, 0.15) is 5.82 Å². The Kier molecular flexibility index (Phi) is 6.61. The van der Waals surface area contributed by atoms with E-state index in [1.807, 2.05) is 5.32 Å². The molecule has 0 atom stereocenters. The molecule has 0 bridgehead atoms. The van der Waals surface area contributed by atoms with Crippen LogP contribution < -0.4 is 10.6 Å². The van der Waals surface area contributed by atoms with Crippen LogP contribution in [0.25, 0.3) is 0 Å². The quantitative estimate of drug-likeness (QED) is 0.703. The number of urea groups is 1. The monoisotopic (exact) mass is 316 g/mol. The molecule has 0 saturated heterocycles. The number of anilines is 1. The number of amides is 3. The molecule has 0 aliphatic rings. The van der Waals surface area contributed by atoms with Gasteiger partial charge in [0.2, 0.25) is 5.91 Å². The van der Waals surface area contributed by atoms with Crippen molar-refractivity contribution in [1.82, 2.24) is 5.32 Å². The first-order valence-electron chi connectivity index (χ1n) is 6.16. The largest absolute Gasteiger partial charge is 0.481 e. The standard InChI is InChI=1S/C13H14ClFN2O4/c14-8-5-6-10(9(15)7-8)16-13(21)17-11(18)3-1-2-4-12(19)20/h5-7H,1-4H2,(H,19,20)(H2,16,17,18,21). The van der Waals surface area contributed by atoms with Gasteiger partial charge >= 0.3 is 12.0 Å². The third kappa shape index (κ3) is 6.71. The van der Waals surface area contributed by atoms with Gasteiger partial charge in [0.05, 0.1) is 5.69 Å². The van der Waals surface area contributed by atoms with Crippen LogP contribution in [0, 0.1) is 5.82 Å². The van der Waals surface area contributed by atoms with Crippen molar-refractivity contribution in [3.05, 3.63) is 29.0 Å². The van der Waals surface area contributed by atoms with Crippen molar-refractivity contribution in [2.24, 2.45) is 0 Å². The number of unbranched alkanes of at least 4 members (excludes halogenated alkanes) is 1. The van der Waals surface area contributed by atoms with Gasteiger partial charge in [0, 0.05) is 17.9 Å². The van der Waals surface area contributed by atoms with Crippen molar-refractivity contribution in [2.75, 3.05) is 5.32 Å². The van der Waals surface area contributed by atoms with Gasteiger partial charge in [-0.1, -0.05) is 11.6 Å². The average molecular weight is 317 g/mol. The summed E-state index contributed by atoms with van der Waals surface area (Å²) >= 11 is 5.57. The molecule has 0 fully saturated rings. The highest BCUT2D eigenvalue weighted by Gasteiger charge is 2.10. The molecule has 0 heterocycles. The Morgan fingerprint density at radius 2 is 1.86 bits per heavy atom. The van der Waals surface area contributed by atoms with E-state index < -0.39 is 23.7 Å². The number of imide groups is 1. The van der Waals surface area contributed by atoms with Crippen LogP contribution in [0.1, 0.15) is 25.7 Å². The van der Waals surface area contributed by atoms with Crippen LogP contribution in [-0.2, 0) is 9.59 Å². The Morgan fingerprint density at radius 3 is 2.48 bits per heavy atom. The van der Waals surface area contributed by atoms with Crippen LogP contribution in [0.2, 0.25) is 5.02 Å². The van der Waals surface area contributed by atoms with E-state index in [-0.39, 0.29) is 23.6 Å². The summed E-state index contributed by atoms with van der Waals surface area (Å²) in [6.07, 6.45) is 0.677. The molecule has 3 N–H and O–H groups in total. The molecule has 6 nitrogen and oxygen atoms in total. The Bertz CT molecular complexity index is 551. The summed E-state index contributed by atoms with van der Waals surface area (Å²) in [5.41, 5.74) is -0.101.